The van der Waals surface area contributed by atoms with Crippen molar-refractivity contribution in [2.24, 2.45) is 0 Å². The average Bonchev–Trinajstić information content (AvgIpc) is 3.14. The van der Waals surface area contributed by atoms with E-state index in [1.54, 1.807) is 0 Å². The molecule has 1 amide bonds. The van der Waals surface area contributed by atoms with Crippen molar-refractivity contribution in [3.63, 3.8) is 0 Å². The van der Waals surface area contributed by atoms with E-state index >= 15 is 0 Å². The van der Waals surface area contributed by atoms with Crippen LogP contribution in [0.5, 0.6) is 6.01 Å². The van der Waals surface area contributed by atoms with Crippen LogP contribution in [0.25, 0.3) is 0 Å². The number of rotatable bonds is 6. The van der Waals surface area contributed by atoms with E-state index < -0.39 is 0 Å². The number of anilines is 1. The fraction of sp³-hybridized carbons (Fsp3) is 0.444. The molecule has 3 rings (SSSR count). The lowest BCUT2D eigenvalue weighted by Crippen LogP contribution is -2.27. The van der Waals surface area contributed by atoms with Crippen molar-refractivity contribution < 1.29 is 9.53 Å². The molecule has 132 valence electrons. The Balaban J connectivity index is 1.63. The van der Waals surface area contributed by atoms with Crippen molar-refractivity contribution in [3.05, 3.63) is 41.2 Å². The highest BCUT2D eigenvalue weighted by Crippen LogP contribution is 2.17. The summed E-state index contributed by atoms with van der Waals surface area (Å²) >= 11 is 0. The molecule has 25 heavy (non-hydrogen) atoms. The minimum atomic E-state index is -0.0623. The molecule has 0 aliphatic carbocycles. The molecule has 1 aromatic heterocycles. The standard InChI is InChI=1S/C18H23N5O2/c1-13-6-5-7-14(10-13)11-16(24)19-12-15-20-17(22-18(21-15)25-2)23-8-3-4-9-23/h5-7,10H,3-4,8-9,11-12H2,1-2H3,(H,19,24). The molecular formula is C18H23N5O2. The third kappa shape index (κ3) is 4.65. The molecular weight excluding hydrogens is 318 g/mol. The van der Waals surface area contributed by atoms with Gasteiger partial charge in [0.2, 0.25) is 11.9 Å². The predicted molar refractivity (Wildman–Crippen MR) is 94.6 cm³/mol. The Labute approximate surface area is 147 Å². The van der Waals surface area contributed by atoms with Crippen molar-refractivity contribution in [2.75, 3.05) is 25.1 Å². The Kier molecular flexibility index (Phi) is 5.42. The highest BCUT2D eigenvalue weighted by molar-refractivity contribution is 5.78. The fourth-order valence-corrected chi connectivity index (χ4v) is 2.86. The van der Waals surface area contributed by atoms with Gasteiger partial charge >= 0.3 is 6.01 Å². The predicted octanol–water partition coefficient (Wildman–Crippen LogP) is 1.65. The molecule has 1 aliphatic heterocycles. The average molecular weight is 341 g/mol. The van der Waals surface area contributed by atoms with Crippen LogP contribution in [-0.4, -0.2) is 41.1 Å². The first kappa shape index (κ1) is 17.1. The van der Waals surface area contributed by atoms with Crippen molar-refractivity contribution >= 4 is 11.9 Å². The second-order valence-corrected chi connectivity index (χ2v) is 6.18. The van der Waals surface area contributed by atoms with Gasteiger partial charge in [-0.25, -0.2) is 0 Å². The first-order valence-electron chi connectivity index (χ1n) is 8.50. The molecule has 0 saturated carbocycles. The van der Waals surface area contributed by atoms with Crippen LogP contribution in [0.3, 0.4) is 0 Å². The Bertz CT molecular complexity index is 744. The number of carbonyl (C=O) groups excluding carboxylic acids is 1. The van der Waals surface area contributed by atoms with Crippen LogP contribution in [0.4, 0.5) is 5.95 Å². The highest BCUT2D eigenvalue weighted by atomic mass is 16.5. The number of nitrogens with zero attached hydrogens (tertiary/aromatic N) is 4. The molecule has 0 radical (unpaired) electrons. The molecule has 0 atom stereocenters. The topological polar surface area (TPSA) is 80.2 Å². The van der Waals surface area contributed by atoms with E-state index in [1.165, 1.54) is 7.11 Å². The summed E-state index contributed by atoms with van der Waals surface area (Å²) in [7, 11) is 1.53. The smallest absolute Gasteiger partial charge is 0.321 e. The lowest BCUT2D eigenvalue weighted by Gasteiger charge is -2.16. The fourth-order valence-electron chi connectivity index (χ4n) is 2.86. The van der Waals surface area contributed by atoms with Gasteiger partial charge in [-0.1, -0.05) is 29.8 Å². The van der Waals surface area contributed by atoms with E-state index in [1.807, 2.05) is 31.2 Å². The molecule has 2 heterocycles. The van der Waals surface area contributed by atoms with E-state index in [-0.39, 0.29) is 18.5 Å². The number of hydrogen-bond acceptors (Lipinski definition) is 6. The van der Waals surface area contributed by atoms with Gasteiger partial charge in [-0.2, -0.15) is 15.0 Å². The van der Waals surface area contributed by atoms with Gasteiger partial charge in [0.25, 0.3) is 0 Å². The quantitative estimate of drug-likeness (QED) is 0.860. The lowest BCUT2D eigenvalue weighted by atomic mass is 10.1. The van der Waals surface area contributed by atoms with Crippen molar-refractivity contribution in [3.8, 4) is 6.01 Å². The van der Waals surface area contributed by atoms with Gasteiger partial charge in [0, 0.05) is 13.1 Å². The molecule has 0 unspecified atom stereocenters. The Hall–Kier alpha value is -2.70. The van der Waals surface area contributed by atoms with E-state index in [4.69, 9.17) is 4.74 Å². The van der Waals surface area contributed by atoms with Crippen LogP contribution < -0.4 is 15.0 Å². The Morgan fingerprint density at radius 2 is 2.04 bits per heavy atom. The maximum Gasteiger partial charge on any atom is 0.321 e. The van der Waals surface area contributed by atoms with Gasteiger partial charge in [0.15, 0.2) is 5.82 Å². The highest BCUT2D eigenvalue weighted by Gasteiger charge is 2.18. The third-order valence-electron chi connectivity index (χ3n) is 4.11. The summed E-state index contributed by atoms with van der Waals surface area (Å²) in [5, 5.41) is 2.87. The van der Waals surface area contributed by atoms with Crippen LogP contribution in [0, 0.1) is 6.92 Å². The summed E-state index contributed by atoms with van der Waals surface area (Å²) < 4.78 is 5.17. The Morgan fingerprint density at radius 3 is 2.76 bits per heavy atom. The summed E-state index contributed by atoms with van der Waals surface area (Å²) in [4.78, 5) is 27.3. The van der Waals surface area contributed by atoms with E-state index in [2.05, 4.69) is 25.2 Å². The Morgan fingerprint density at radius 1 is 1.24 bits per heavy atom. The second-order valence-electron chi connectivity index (χ2n) is 6.18. The summed E-state index contributed by atoms with van der Waals surface area (Å²) in [6.07, 6.45) is 2.61. The lowest BCUT2D eigenvalue weighted by molar-refractivity contribution is -0.120. The first-order valence-corrected chi connectivity index (χ1v) is 8.50. The third-order valence-corrected chi connectivity index (χ3v) is 4.11. The molecule has 0 bridgehead atoms. The number of aryl methyl sites for hydroxylation is 1. The van der Waals surface area contributed by atoms with E-state index in [9.17, 15) is 4.79 Å². The normalized spacial score (nSPS) is 13.8. The monoisotopic (exact) mass is 341 g/mol. The molecule has 7 nitrogen and oxygen atoms in total. The van der Waals surface area contributed by atoms with Crippen LogP contribution in [0.15, 0.2) is 24.3 Å². The minimum absolute atomic E-state index is 0.0623. The minimum Gasteiger partial charge on any atom is -0.467 e. The number of amides is 1. The number of hydrogen-bond donors (Lipinski definition) is 1. The van der Waals surface area contributed by atoms with Gasteiger partial charge in [0.05, 0.1) is 20.1 Å². The zero-order valence-electron chi connectivity index (χ0n) is 14.7. The number of benzene rings is 1. The van der Waals surface area contributed by atoms with E-state index in [0.717, 1.165) is 37.1 Å². The zero-order chi connectivity index (χ0) is 17.6. The number of carbonyl (C=O) groups is 1. The SMILES string of the molecule is COc1nc(CNC(=O)Cc2cccc(C)c2)nc(N2CCCC2)n1. The van der Waals surface area contributed by atoms with Gasteiger partial charge < -0.3 is 15.0 Å². The maximum absolute atomic E-state index is 12.2. The van der Waals surface area contributed by atoms with Gasteiger partial charge in [-0.15, -0.1) is 0 Å². The molecule has 1 aliphatic rings. The van der Waals surface area contributed by atoms with Crippen LogP contribution in [-0.2, 0) is 17.8 Å². The summed E-state index contributed by atoms with van der Waals surface area (Å²) in [6.45, 7) is 4.14. The summed E-state index contributed by atoms with van der Waals surface area (Å²) in [5.74, 6) is 1.06. The van der Waals surface area contributed by atoms with Crippen molar-refractivity contribution in [1.29, 1.82) is 0 Å². The van der Waals surface area contributed by atoms with Crippen LogP contribution in [0.2, 0.25) is 0 Å². The zero-order valence-corrected chi connectivity index (χ0v) is 14.7. The summed E-state index contributed by atoms with van der Waals surface area (Å²) in [6, 6.07) is 8.20. The molecule has 7 heteroatoms. The molecule has 2 aromatic rings. The molecule has 0 spiro atoms. The second kappa shape index (κ2) is 7.92. The van der Waals surface area contributed by atoms with Gasteiger partial charge in [0.1, 0.15) is 0 Å². The molecule has 1 saturated heterocycles. The summed E-state index contributed by atoms with van der Waals surface area (Å²) in [5.41, 5.74) is 2.13. The molecule has 1 aromatic carbocycles. The molecule has 1 N–H and O–H groups in total. The van der Waals surface area contributed by atoms with Crippen LogP contribution in [0.1, 0.15) is 29.8 Å². The molecule has 1 fully saturated rings. The van der Waals surface area contributed by atoms with E-state index in [0.29, 0.717) is 18.2 Å². The number of nitrogens with one attached hydrogen (secondary N) is 1. The first-order chi connectivity index (χ1) is 12.1. The van der Waals surface area contributed by atoms with Gasteiger partial charge in [-0.3, -0.25) is 4.79 Å². The maximum atomic E-state index is 12.2. The number of ether oxygens (including phenoxy) is 1. The largest absolute Gasteiger partial charge is 0.467 e. The van der Waals surface area contributed by atoms with Crippen molar-refractivity contribution in [1.82, 2.24) is 20.3 Å². The van der Waals surface area contributed by atoms with Gasteiger partial charge in [-0.05, 0) is 25.3 Å². The van der Waals surface area contributed by atoms with Crippen LogP contribution >= 0.6 is 0 Å². The van der Waals surface area contributed by atoms with Crippen molar-refractivity contribution in [2.45, 2.75) is 32.7 Å². The number of methoxy groups -OCH3 is 1. The number of aromatic nitrogens is 3.